The zero-order valence-corrected chi connectivity index (χ0v) is 17.6. The summed E-state index contributed by atoms with van der Waals surface area (Å²) in [6.45, 7) is 3.01. The molecule has 1 heterocycles. The van der Waals surface area contributed by atoms with E-state index in [9.17, 15) is 8.42 Å². The van der Waals surface area contributed by atoms with Crippen molar-refractivity contribution in [2.24, 2.45) is 4.99 Å². The summed E-state index contributed by atoms with van der Waals surface area (Å²) in [5.41, 5.74) is 1.05. The molecular weight excluding hydrogens is 408 g/mol. The van der Waals surface area contributed by atoms with Crippen molar-refractivity contribution in [3.63, 3.8) is 0 Å². The van der Waals surface area contributed by atoms with Crippen molar-refractivity contribution in [2.45, 2.75) is 18.2 Å². The van der Waals surface area contributed by atoms with E-state index in [1.54, 1.807) is 6.07 Å². The molecule has 3 aromatic carbocycles. The second-order valence-electron chi connectivity index (χ2n) is 6.72. The molecule has 0 aliphatic carbocycles. The normalized spacial score (nSPS) is 14.3. The van der Waals surface area contributed by atoms with Crippen LogP contribution in [0.3, 0.4) is 0 Å². The predicted octanol–water partition coefficient (Wildman–Crippen LogP) is 4.54. The number of amidine groups is 1. The molecule has 0 aromatic heterocycles. The van der Waals surface area contributed by atoms with Gasteiger partial charge in [-0.25, -0.2) is 8.42 Å². The summed E-state index contributed by atoms with van der Waals surface area (Å²) in [7, 11) is -3.75. The lowest BCUT2D eigenvalue weighted by Gasteiger charge is -2.21. The Hall–Kier alpha value is -2.57. The molecule has 7 heteroatoms. The second-order valence-corrected chi connectivity index (χ2v) is 8.98. The van der Waals surface area contributed by atoms with E-state index in [1.165, 1.54) is 16.4 Å². The highest BCUT2D eigenvalue weighted by Gasteiger charge is 2.31. The van der Waals surface area contributed by atoms with Crippen LogP contribution in [0, 0.1) is 0 Å². The van der Waals surface area contributed by atoms with E-state index in [0.717, 1.165) is 16.3 Å². The van der Waals surface area contributed by atoms with Crippen molar-refractivity contribution in [1.82, 2.24) is 4.31 Å². The van der Waals surface area contributed by atoms with E-state index in [2.05, 4.69) is 4.99 Å². The summed E-state index contributed by atoms with van der Waals surface area (Å²) >= 11 is 6.12. The van der Waals surface area contributed by atoms with Crippen LogP contribution in [0.2, 0.25) is 5.02 Å². The quantitative estimate of drug-likeness (QED) is 0.579. The maximum atomic E-state index is 13.3. The molecule has 150 valence electrons. The Morgan fingerprint density at radius 3 is 2.72 bits per heavy atom. The van der Waals surface area contributed by atoms with E-state index in [4.69, 9.17) is 16.3 Å². The second kappa shape index (κ2) is 8.05. The Labute approximate surface area is 175 Å². The Bertz CT molecular complexity index is 1190. The summed E-state index contributed by atoms with van der Waals surface area (Å²) in [4.78, 5) is 4.64. The predicted molar refractivity (Wildman–Crippen MR) is 116 cm³/mol. The standard InChI is InChI=1S/C22H21ClN2O3S/c1-2-28-21-15-18(10-11-20(21)23)29(26,27)25-13-12-24-22(25)14-17-8-5-7-16-6-3-4-9-19(16)17/h3-11,15H,2,12-14H2,1H3. The summed E-state index contributed by atoms with van der Waals surface area (Å²) in [5, 5.41) is 2.61. The fourth-order valence-corrected chi connectivity index (χ4v) is 5.18. The molecule has 0 spiro atoms. The Morgan fingerprint density at radius 1 is 1.10 bits per heavy atom. The van der Waals surface area contributed by atoms with E-state index in [-0.39, 0.29) is 4.90 Å². The van der Waals surface area contributed by atoms with Gasteiger partial charge in [0.05, 0.1) is 29.6 Å². The van der Waals surface area contributed by atoms with Gasteiger partial charge in [-0.1, -0.05) is 54.1 Å². The number of hydrogen-bond acceptors (Lipinski definition) is 4. The van der Waals surface area contributed by atoms with Crippen LogP contribution in [0.15, 0.2) is 70.6 Å². The topological polar surface area (TPSA) is 59.0 Å². The third-order valence-corrected chi connectivity index (χ3v) is 7.04. The molecule has 4 rings (SSSR count). The largest absolute Gasteiger partial charge is 0.492 e. The summed E-state index contributed by atoms with van der Waals surface area (Å²) in [6, 6.07) is 18.7. The summed E-state index contributed by atoms with van der Waals surface area (Å²) < 4.78 is 33.5. The van der Waals surface area contributed by atoms with Gasteiger partial charge >= 0.3 is 0 Å². The van der Waals surface area contributed by atoms with E-state index in [0.29, 0.717) is 42.7 Å². The molecule has 0 fully saturated rings. The minimum atomic E-state index is -3.75. The van der Waals surface area contributed by atoms with Gasteiger partial charge in [0, 0.05) is 12.5 Å². The number of rotatable bonds is 6. The van der Waals surface area contributed by atoms with Crippen LogP contribution >= 0.6 is 11.6 Å². The monoisotopic (exact) mass is 428 g/mol. The van der Waals surface area contributed by atoms with E-state index < -0.39 is 10.0 Å². The highest BCUT2D eigenvalue weighted by atomic mass is 35.5. The number of benzene rings is 3. The number of sulfonamides is 1. The average Bonchev–Trinajstić information content (AvgIpc) is 3.19. The molecule has 0 atom stereocenters. The lowest BCUT2D eigenvalue weighted by Crippen LogP contribution is -2.35. The van der Waals surface area contributed by atoms with Gasteiger partial charge in [0.1, 0.15) is 11.6 Å². The summed E-state index contributed by atoms with van der Waals surface area (Å²) in [5.74, 6) is 0.913. The smallest absolute Gasteiger partial charge is 0.265 e. The number of nitrogens with zero attached hydrogens (tertiary/aromatic N) is 2. The summed E-state index contributed by atoms with van der Waals surface area (Å²) in [6.07, 6.45) is 0.451. The maximum absolute atomic E-state index is 13.3. The van der Waals surface area contributed by atoms with Crippen LogP contribution < -0.4 is 4.74 Å². The van der Waals surface area contributed by atoms with Crippen LogP contribution in [0.1, 0.15) is 12.5 Å². The molecule has 0 N–H and O–H groups in total. The van der Waals surface area contributed by atoms with Crippen molar-refractivity contribution in [2.75, 3.05) is 19.7 Å². The van der Waals surface area contributed by atoms with Crippen molar-refractivity contribution in [1.29, 1.82) is 0 Å². The highest BCUT2D eigenvalue weighted by molar-refractivity contribution is 7.89. The van der Waals surface area contributed by atoms with Crippen LogP contribution in [0.25, 0.3) is 10.8 Å². The lowest BCUT2D eigenvalue weighted by atomic mass is 10.0. The van der Waals surface area contributed by atoms with Gasteiger partial charge < -0.3 is 4.74 Å². The Kier molecular flexibility index (Phi) is 5.48. The van der Waals surface area contributed by atoms with E-state index in [1.807, 2.05) is 49.4 Å². The molecule has 0 unspecified atom stereocenters. The van der Waals surface area contributed by atoms with E-state index >= 15 is 0 Å². The molecule has 0 amide bonds. The number of hydrogen-bond donors (Lipinski definition) is 0. The molecule has 1 aliphatic heterocycles. The third kappa shape index (κ3) is 3.82. The van der Waals surface area contributed by atoms with Crippen LogP contribution in [0.4, 0.5) is 0 Å². The first-order valence-electron chi connectivity index (χ1n) is 9.46. The average molecular weight is 429 g/mol. The first-order chi connectivity index (χ1) is 14.0. The molecule has 5 nitrogen and oxygen atoms in total. The lowest BCUT2D eigenvalue weighted by molar-refractivity contribution is 0.339. The number of ether oxygens (including phenoxy) is 1. The number of fused-ring (bicyclic) bond motifs is 1. The van der Waals surface area contributed by atoms with Crippen LogP contribution in [0.5, 0.6) is 5.75 Å². The number of halogens is 1. The van der Waals surface area contributed by atoms with Crippen molar-refractivity contribution in [3.05, 3.63) is 71.2 Å². The van der Waals surface area contributed by atoms with Gasteiger partial charge in [0.2, 0.25) is 0 Å². The SMILES string of the molecule is CCOc1cc(S(=O)(=O)N2CCN=C2Cc2cccc3ccccc23)ccc1Cl. The van der Waals surface area contributed by atoms with Crippen molar-refractivity contribution >= 4 is 38.2 Å². The fourth-order valence-electron chi connectivity index (χ4n) is 3.54. The Morgan fingerprint density at radius 2 is 1.90 bits per heavy atom. The Balaban J connectivity index is 1.66. The molecule has 0 bridgehead atoms. The van der Waals surface area contributed by atoms with Gasteiger partial charge in [0.25, 0.3) is 10.0 Å². The molecular formula is C22H21ClN2O3S. The van der Waals surface area contributed by atoms with Gasteiger partial charge in [0.15, 0.2) is 0 Å². The minimum absolute atomic E-state index is 0.151. The molecule has 0 saturated carbocycles. The first kappa shape index (κ1) is 19.7. The zero-order chi connectivity index (χ0) is 20.4. The fraction of sp³-hybridized carbons (Fsp3) is 0.227. The van der Waals surface area contributed by atoms with Crippen molar-refractivity contribution in [3.8, 4) is 5.75 Å². The van der Waals surface area contributed by atoms with Gasteiger partial charge in [-0.2, -0.15) is 0 Å². The minimum Gasteiger partial charge on any atom is -0.492 e. The van der Waals surface area contributed by atoms with Gasteiger partial charge in [-0.3, -0.25) is 9.30 Å². The van der Waals surface area contributed by atoms with Gasteiger partial charge in [-0.15, -0.1) is 0 Å². The van der Waals surface area contributed by atoms with Gasteiger partial charge in [-0.05, 0) is 35.4 Å². The molecule has 3 aromatic rings. The molecule has 0 radical (unpaired) electrons. The molecule has 29 heavy (non-hydrogen) atoms. The highest BCUT2D eigenvalue weighted by Crippen LogP contribution is 2.30. The molecule has 0 saturated heterocycles. The van der Waals surface area contributed by atoms with Crippen LogP contribution in [-0.2, 0) is 16.4 Å². The third-order valence-electron chi connectivity index (χ3n) is 4.90. The zero-order valence-electron chi connectivity index (χ0n) is 16.0. The van der Waals surface area contributed by atoms with Crippen LogP contribution in [-0.4, -0.2) is 38.3 Å². The number of aliphatic imine (C=N–C) groups is 1. The molecule has 1 aliphatic rings. The maximum Gasteiger partial charge on any atom is 0.265 e. The first-order valence-corrected chi connectivity index (χ1v) is 11.3. The van der Waals surface area contributed by atoms with Crippen molar-refractivity contribution < 1.29 is 13.2 Å².